The van der Waals surface area contributed by atoms with Gasteiger partial charge in [0.05, 0.1) is 0 Å². The summed E-state index contributed by atoms with van der Waals surface area (Å²) in [4.78, 5) is 23.2. The van der Waals surface area contributed by atoms with E-state index in [4.69, 9.17) is 4.74 Å². The fraction of sp³-hybridized carbons (Fsp3) is 0.300. The van der Waals surface area contributed by atoms with E-state index in [1.807, 2.05) is 43.3 Å². The Kier molecular flexibility index (Phi) is 6.55. The van der Waals surface area contributed by atoms with Gasteiger partial charge in [-0.05, 0) is 24.0 Å². The van der Waals surface area contributed by atoms with Crippen LogP contribution in [0.3, 0.4) is 0 Å². The van der Waals surface area contributed by atoms with Crippen LogP contribution in [0.5, 0.6) is 0 Å². The maximum atomic E-state index is 11.9. The Balaban J connectivity index is 2.05. The van der Waals surface area contributed by atoms with Crippen LogP contribution in [0.1, 0.15) is 49.7 Å². The summed E-state index contributed by atoms with van der Waals surface area (Å²) >= 11 is 0. The van der Waals surface area contributed by atoms with E-state index in [9.17, 15) is 9.59 Å². The lowest BCUT2D eigenvalue weighted by atomic mass is 9.87. The number of hydrogen-bond acceptors (Lipinski definition) is 3. The summed E-state index contributed by atoms with van der Waals surface area (Å²) in [7, 11) is 0. The van der Waals surface area contributed by atoms with Crippen LogP contribution >= 0.6 is 0 Å². The molecule has 0 N–H and O–H groups in total. The number of benzene rings is 2. The van der Waals surface area contributed by atoms with Crippen molar-refractivity contribution in [2.45, 2.75) is 38.5 Å². The molecule has 0 aliphatic carbocycles. The van der Waals surface area contributed by atoms with Crippen molar-refractivity contribution in [3.8, 4) is 0 Å². The second-order valence-electron chi connectivity index (χ2n) is 5.51. The smallest absolute Gasteiger partial charge is 0.313 e. The third-order valence-corrected chi connectivity index (χ3v) is 3.72. The van der Waals surface area contributed by atoms with Crippen LogP contribution in [-0.4, -0.2) is 11.9 Å². The molecular weight excluding hydrogens is 288 g/mol. The fourth-order valence-electron chi connectivity index (χ4n) is 2.59. The molecule has 2 aromatic rings. The molecular formula is C20H22O3. The van der Waals surface area contributed by atoms with Gasteiger partial charge in [-0.3, -0.25) is 9.59 Å². The van der Waals surface area contributed by atoms with Gasteiger partial charge >= 0.3 is 11.9 Å². The van der Waals surface area contributed by atoms with E-state index < -0.39 is 11.9 Å². The topological polar surface area (TPSA) is 43.4 Å². The number of ether oxygens (including phenoxy) is 1. The maximum Gasteiger partial charge on any atom is 0.313 e. The Bertz CT molecular complexity index is 580. The van der Waals surface area contributed by atoms with Crippen molar-refractivity contribution >= 4 is 11.9 Å². The van der Waals surface area contributed by atoms with Crippen molar-refractivity contribution in [3.05, 3.63) is 71.8 Å². The molecule has 0 saturated heterocycles. The zero-order valence-corrected chi connectivity index (χ0v) is 13.4. The summed E-state index contributed by atoms with van der Waals surface area (Å²) in [6.07, 6.45) is 1.81. The molecule has 23 heavy (non-hydrogen) atoms. The van der Waals surface area contributed by atoms with Crippen LogP contribution in [0.25, 0.3) is 0 Å². The Labute approximate surface area is 137 Å². The average molecular weight is 310 g/mol. The highest BCUT2D eigenvalue weighted by Gasteiger charge is 2.17. The Morgan fingerprint density at radius 2 is 1.30 bits per heavy atom. The van der Waals surface area contributed by atoms with Crippen LogP contribution in [0, 0.1) is 0 Å². The van der Waals surface area contributed by atoms with E-state index in [0.29, 0.717) is 12.8 Å². The van der Waals surface area contributed by atoms with Crippen LogP contribution in [0.15, 0.2) is 60.7 Å². The van der Waals surface area contributed by atoms with E-state index >= 15 is 0 Å². The molecule has 0 atom stereocenters. The number of carbonyl (C=O) groups is 2. The van der Waals surface area contributed by atoms with Crippen LogP contribution in [-0.2, 0) is 14.3 Å². The highest BCUT2D eigenvalue weighted by atomic mass is 16.6. The first-order chi connectivity index (χ1) is 11.2. The summed E-state index contributed by atoms with van der Waals surface area (Å²) in [5.74, 6) is -0.764. The third-order valence-electron chi connectivity index (χ3n) is 3.72. The van der Waals surface area contributed by atoms with Crippen molar-refractivity contribution in [3.63, 3.8) is 0 Å². The first-order valence-corrected chi connectivity index (χ1v) is 8.04. The van der Waals surface area contributed by atoms with Gasteiger partial charge in [0.15, 0.2) is 0 Å². The molecule has 3 heteroatoms. The quantitative estimate of drug-likeness (QED) is 0.560. The summed E-state index contributed by atoms with van der Waals surface area (Å²) < 4.78 is 4.84. The molecule has 0 bridgehead atoms. The minimum atomic E-state index is -0.444. The molecule has 0 aliphatic rings. The highest BCUT2D eigenvalue weighted by Crippen LogP contribution is 2.29. The minimum Gasteiger partial charge on any atom is -0.393 e. The first-order valence-electron chi connectivity index (χ1n) is 8.04. The number of rotatable bonds is 7. The van der Waals surface area contributed by atoms with Crippen molar-refractivity contribution in [2.24, 2.45) is 0 Å². The van der Waals surface area contributed by atoms with Gasteiger partial charge in [-0.1, -0.05) is 67.6 Å². The number of esters is 2. The van der Waals surface area contributed by atoms with E-state index in [1.165, 1.54) is 0 Å². The molecule has 0 amide bonds. The van der Waals surface area contributed by atoms with Gasteiger partial charge in [0.25, 0.3) is 0 Å². The molecule has 0 saturated carbocycles. The van der Waals surface area contributed by atoms with Gasteiger partial charge in [-0.25, -0.2) is 0 Å². The predicted octanol–water partition coefficient (Wildman–Crippen LogP) is 4.47. The molecule has 0 spiro atoms. The Morgan fingerprint density at radius 1 is 0.826 bits per heavy atom. The van der Waals surface area contributed by atoms with Gasteiger partial charge < -0.3 is 4.74 Å². The largest absolute Gasteiger partial charge is 0.393 e. The van der Waals surface area contributed by atoms with E-state index in [2.05, 4.69) is 24.3 Å². The van der Waals surface area contributed by atoms with Crippen molar-refractivity contribution in [1.82, 2.24) is 0 Å². The van der Waals surface area contributed by atoms with E-state index in [-0.39, 0.29) is 18.8 Å². The minimum absolute atomic E-state index is 0.117. The summed E-state index contributed by atoms with van der Waals surface area (Å²) in [5.41, 5.74) is 2.32. The molecule has 0 heterocycles. The molecule has 0 fully saturated rings. The zero-order valence-electron chi connectivity index (χ0n) is 13.4. The van der Waals surface area contributed by atoms with E-state index in [0.717, 1.165) is 11.1 Å². The SMILES string of the molecule is CCCC(=O)OC(=O)CCC(c1ccccc1)c1ccccc1. The molecule has 0 radical (unpaired) electrons. The van der Waals surface area contributed by atoms with Gasteiger partial charge in [-0.15, -0.1) is 0 Å². The Morgan fingerprint density at radius 3 is 1.78 bits per heavy atom. The van der Waals surface area contributed by atoms with Crippen molar-refractivity contribution < 1.29 is 14.3 Å². The molecule has 0 unspecified atom stereocenters. The standard InChI is InChI=1S/C20H22O3/c1-2-9-19(21)23-20(22)15-14-18(16-10-5-3-6-11-16)17-12-7-4-8-13-17/h3-8,10-13,18H,2,9,14-15H2,1H3. The van der Waals surface area contributed by atoms with Crippen molar-refractivity contribution in [1.29, 1.82) is 0 Å². The monoisotopic (exact) mass is 310 g/mol. The molecule has 2 aromatic carbocycles. The number of carbonyl (C=O) groups excluding carboxylic acids is 2. The molecule has 0 aromatic heterocycles. The van der Waals surface area contributed by atoms with Crippen LogP contribution in [0.4, 0.5) is 0 Å². The number of hydrogen-bond donors (Lipinski definition) is 0. The lowest BCUT2D eigenvalue weighted by Gasteiger charge is -2.17. The summed E-state index contributed by atoms with van der Waals surface area (Å²) in [6, 6.07) is 20.2. The highest BCUT2D eigenvalue weighted by molar-refractivity contribution is 5.85. The lowest BCUT2D eigenvalue weighted by molar-refractivity contribution is -0.159. The Hall–Kier alpha value is -2.42. The first kappa shape index (κ1) is 16.9. The molecule has 2 rings (SSSR count). The van der Waals surface area contributed by atoms with Gasteiger partial charge in [0.1, 0.15) is 0 Å². The second kappa shape index (κ2) is 8.89. The summed E-state index contributed by atoms with van der Waals surface area (Å²) in [5, 5.41) is 0. The van der Waals surface area contributed by atoms with Crippen LogP contribution in [0.2, 0.25) is 0 Å². The van der Waals surface area contributed by atoms with Gasteiger partial charge in [0, 0.05) is 18.8 Å². The van der Waals surface area contributed by atoms with Gasteiger partial charge in [-0.2, -0.15) is 0 Å². The average Bonchev–Trinajstić information content (AvgIpc) is 2.57. The zero-order chi connectivity index (χ0) is 16.5. The molecule has 3 nitrogen and oxygen atoms in total. The predicted molar refractivity (Wildman–Crippen MR) is 90.0 cm³/mol. The second-order valence-corrected chi connectivity index (χ2v) is 5.51. The van der Waals surface area contributed by atoms with Gasteiger partial charge in [0.2, 0.25) is 0 Å². The van der Waals surface area contributed by atoms with E-state index in [1.54, 1.807) is 0 Å². The normalized spacial score (nSPS) is 10.5. The molecule has 0 aliphatic heterocycles. The van der Waals surface area contributed by atoms with Crippen LogP contribution < -0.4 is 0 Å². The fourth-order valence-corrected chi connectivity index (χ4v) is 2.59. The summed E-state index contributed by atoms with van der Waals surface area (Å²) in [6.45, 7) is 1.88. The lowest BCUT2D eigenvalue weighted by Crippen LogP contribution is -2.13. The molecule has 120 valence electrons. The van der Waals surface area contributed by atoms with Crippen molar-refractivity contribution in [2.75, 3.05) is 0 Å². The third kappa shape index (κ3) is 5.37. The maximum absolute atomic E-state index is 11.9.